The van der Waals surface area contributed by atoms with E-state index >= 15 is 0 Å². The maximum Gasteiger partial charge on any atom is 0.434 e. The number of amides is 1. The highest BCUT2D eigenvalue weighted by Gasteiger charge is 2.38. The minimum Gasteiger partial charge on any atom is -0.352 e. The van der Waals surface area contributed by atoms with Gasteiger partial charge in [0, 0.05) is 17.2 Å². The van der Waals surface area contributed by atoms with Crippen LogP contribution >= 0.6 is 15.9 Å². The van der Waals surface area contributed by atoms with Gasteiger partial charge in [-0.2, -0.15) is 13.2 Å². The molecule has 5 nitrogen and oxygen atoms in total. The first-order valence-electron chi connectivity index (χ1n) is 8.18. The molecule has 1 aromatic heterocycles. The van der Waals surface area contributed by atoms with Crippen molar-refractivity contribution in [3.63, 3.8) is 0 Å². The van der Waals surface area contributed by atoms with Crippen LogP contribution in [-0.4, -0.2) is 22.4 Å². The molecule has 1 fully saturated rings. The summed E-state index contributed by atoms with van der Waals surface area (Å²) in [5.41, 5.74) is -2.12. The number of anilines is 2. The van der Waals surface area contributed by atoms with Gasteiger partial charge in [0.25, 0.3) is 5.91 Å². The van der Waals surface area contributed by atoms with Crippen molar-refractivity contribution in [1.82, 2.24) is 15.3 Å². The van der Waals surface area contributed by atoms with Gasteiger partial charge in [0.05, 0.1) is 11.3 Å². The summed E-state index contributed by atoms with van der Waals surface area (Å²) in [6.07, 6.45) is -1.11. The van der Waals surface area contributed by atoms with Crippen LogP contribution in [0.3, 0.4) is 0 Å². The average molecular weight is 447 g/mol. The highest BCUT2D eigenvalue weighted by molar-refractivity contribution is 9.10. The fourth-order valence-corrected chi connectivity index (χ4v) is 2.90. The Balaban J connectivity index is 1.83. The van der Waals surface area contributed by atoms with Crippen molar-refractivity contribution in [2.24, 2.45) is 5.92 Å². The molecule has 1 aromatic carbocycles. The lowest BCUT2D eigenvalue weighted by Crippen LogP contribution is -2.33. The van der Waals surface area contributed by atoms with Crippen LogP contribution in [-0.2, 0) is 6.18 Å². The monoisotopic (exact) mass is 446 g/mol. The summed E-state index contributed by atoms with van der Waals surface area (Å²) in [6.45, 7) is 0.320. The predicted octanol–water partition coefficient (Wildman–Crippen LogP) is 4.67. The summed E-state index contributed by atoms with van der Waals surface area (Å²) in [5, 5.41) is 4.89. The summed E-state index contributed by atoms with van der Waals surface area (Å²) >= 11 is 3.09. The van der Waals surface area contributed by atoms with Crippen LogP contribution < -0.4 is 10.6 Å². The molecule has 1 aliphatic carbocycles. The number of nitrogens with one attached hydrogen (secondary N) is 2. The fourth-order valence-electron chi connectivity index (χ4n) is 2.56. The van der Waals surface area contributed by atoms with Crippen molar-refractivity contribution in [3.05, 3.63) is 45.9 Å². The van der Waals surface area contributed by atoms with E-state index in [1.807, 2.05) is 0 Å². The summed E-state index contributed by atoms with van der Waals surface area (Å²) < 4.78 is 54.4. The number of carbonyl (C=O) groups is 1. The molecule has 10 heteroatoms. The molecule has 3 rings (SSSR count). The number of hydrogen-bond donors (Lipinski definition) is 2. The molecular formula is C17H15BrF4N4O. The zero-order valence-corrected chi connectivity index (χ0v) is 15.5. The van der Waals surface area contributed by atoms with Gasteiger partial charge in [0.1, 0.15) is 5.82 Å². The molecule has 0 aliphatic heterocycles. The highest BCUT2D eigenvalue weighted by atomic mass is 79.9. The van der Waals surface area contributed by atoms with E-state index in [0.29, 0.717) is 16.9 Å². The van der Waals surface area contributed by atoms with Crippen LogP contribution in [0.2, 0.25) is 0 Å². The Bertz CT molecular complexity index is 855. The second kappa shape index (κ2) is 7.79. The Morgan fingerprint density at radius 3 is 2.63 bits per heavy atom. The van der Waals surface area contributed by atoms with Gasteiger partial charge in [-0.25, -0.2) is 14.4 Å². The van der Waals surface area contributed by atoms with E-state index in [1.54, 1.807) is 0 Å². The minimum atomic E-state index is -4.86. The zero-order chi connectivity index (χ0) is 19.6. The van der Waals surface area contributed by atoms with E-state index < -0.39 is 35.1 Å². The van der Waals surface area contributed by atoms with E-state index in [0.717, 1.165) is 31.5 Å². The average Bonchev–Trinajstić information content (AvgIpc) is 2.55. The number of nitrogens with zero attached hydrogens (tertiary/aromatic N) is 2. The second-order valence-corrected chi connectivity index (χ2v) is 7.13. The molecule has 0 bridgehead atoms. The Hall–Kier alpha value is -2.23. The maximum absolute atomic E-state index is 13.9. The van der Waals surface area contributed by atoms with E-state index in [-0.39, 0.29) is 5.69 Å². The number of hydrogen-bond acceptors (Lipinski definition) is 4. The lowest BCUT2D eigenvalue weighted by Gasteiger charge is -2.25. The summed E-state index contributed by atoms with van der Waals surface area (Å²) in [7, 11) is 0. The molecule has 144 valence electrons. The van der Waals surface area contributed by atoms with Crippen molar-refractivity contribution in [1.29, 1.82) is 0 Å². The third-order valence-electron chi connectivity index (χ3n) is 4.26. The molecule has 1 heterocycles. The lowest BCUT2D eigenvalue weighted by atomic mass is 9.85. The molecule has 0 spiro atoms. The first-order chi connectivity index (χ1) is 12.7. The smallest absolute Gasteiger partial charge is 0.352 e. The van der Waals surface area contributed by atoms with E-state index in [9.17, 15) is 22.4 Å². The number of aromatic nitrogens is 2. The summed E-state index contributed by atoms with van der Waals surface area (Å²) in [4.78, 5) is 19.3. The molecule has 2 N–H and O–H groups in total. The summed E-state index contributed by atoms with van der Waals surface area (Å²) in [6, 6.07) is 3.99. The Kier molecular flexibility index (Phi) is 5.64. The second-order valence-electron chi connectivity index (χ2n) is 6.21. The molecule has 1 amide bonds. The predicted molar refractivity (Wildman–Crippen MR) is 94.1 cm³/mol. The molecule has 1 aliphatic rings. The standard InChI is InChI=1S/C17H15BrF4N4O/c18-10-4-5-13(12(19)6-10)25-16-24-8-11(14(26-16)17(20,21)22)15(27)23-7-9-2-1-3-9/h4-6,8-9H,1-3,7H2,(H,23,27)(H,24,25,26). The van der Waals surface area contributed by atoms with Crippen LogP contribution in [0, 0.1) is 11.7 Å². The summed E-state index contributed by atoms with van der Waals surface area (Å²) in [5.74, 6) is -1.73. The van der Waals surface area contributed by atoms with Gasteiger partial charge >= 0.3 is 6.18 Å². The number of rotatable bonds is 5. The van der Waals surface area contributed by atoms with Gasteiger partial charge in [-0.15, -0.1) is 0 Å². The van der Waals surface area contributed by atoms with E-state index in [2.05, 4.69) is 36.5 Å². The number of alkyl halides is 3. The van der Waals surface area contributed by atoms with Gasteiger partial charge < -0.3 is 10.6 Å². The van der Waals surface area contributed by atoms with Gasteiger partial charge in [-0.1, -0.05) is 22.4 Å². The van der Waals surface area contributed by atoms with Crippen LogP contribution in [0.5, 0.6) is 0 Å². The first kappa shape index (κ1) is 19.5. The Labute approximate surface area is 160 Å². The lowest BCUT2D eigenvalue weighted by molar-refractivity contribution is -0.141. The molecule has 1 saturated carbocycles. The fraction of sp³-hybridized carbons (Fsp3) is 0.353. The third kappa shape index (κ3) is 4.74. The molecule has 0 atom stereocenters. The Morgan fingerprint density at radius 2 is 2.04 bits per heavy atom. The molecular weight excluding hydrogens is 432 g/mol. The van der Waals surface area contributed by atoms with Gasteiger partial charge in [-0.05, 0) is 37.0 Å². The SMILES string of the molecule is O=C(NCC1CCC1)c1cnc(Nc2ccc(Br)cc2F)nc1C(F)(F)F. The van der Waals surface area contributed by atoms with Crippen molar-refractivity contribution in [2.45, 2.75) is 25.4 Å². The topological polar surface area (TPSA) is 66.9 Å². The normalized spacial score (nSPS) is 14.6. The van der Waals surface area contributed by atoms with Gasteiger partial charge in [0.15, 0.2) is 5.69 Å². The molecule has 2 aromatic rings. The Morgan fingerprint density at radius 1 is 1.30 bits per heavy atom. The van der Waals surface area contributed by atoms with Crippen LogP contribution in [0.25, 0.3) is 0 Å². The number of halogens is 5. The van der Waals surface area contributed by atoms with Crippen molar-refractivity contribution in [3.8, 4) is 0 Å². The third-order valence-corrected chi connectivity index (χ3v) is 4.75. The number of benzene rings is 1. The zero-order valence-electron chi connectivity index (χ0n) is 13.9. The largest absolute Gasteiger partial charge is 0.434 e. The first-order valence-corrected chi connectivity index (χ1v) is 8.98. The molecule has 0 unspecified atom stereocenters. The van der Waals surface area contributed by atoms with E-state index in [1.165, 1.54) is 12.1 Å². The molecule has 27 heavy (non-hydrogen) atoms. The number of carbonyl (C=O) groups excluding carboxylic acids is 1. The van der Waals surface area contributed by atoms with Crippen molar-refractivity contribution < 1.29 is 22.4 Å². The van der Waals surface area contributed by atoms with Crippen LogP contribution in [0.4, 0.5) is 29.2 Å². The minimum absolute atomic E-state index is 0.0893. The van der Waals surface area contributed by atoms with Crippen molar-refractivity contribution in [2.75, 3.05) is 11.9 Å². The van der Waals surface area contributed by atoms with Crippen LogP contribution in [0.15, 0.2) is 28.9 Å². The quantitative estimate of drug-likeness (QED) is 0.654. The van der Waals surface area contributed by atoms with Crippen molar-refractivity contribution >= 4 is 33.5 Å². The maximum atomic E-state index is 13.9. The molecule has 0 radical (unpaired) electrons. The molecule has 0 saturated heterocycles. The van der Waals surface area contributed by atoms with Gasteiger partial charge in [-0.3, -0.25) is 4.79 Å². The van der Waals surface area contributed by atoms with Crippen LogP contribution in [0.1, 0.15) is 35.3 Å². The van der Waals surface area contributed by atoms with E-state index in [4.69, 9.17) is 0 Å². The highest BCUT2D eigenvalue weighted by Crippen LogP contribution is 2.32. The van der Waals surface area contributed by atoms with Gasteiger partial charge in [0.2, 0.25) is 5.95 Å².